The zero-order valence-electron chi connectivity index (χ0n) is 14.2. The summed E-state index contributed by atoms with van der Waals surface area (Å²) in [5, 5.41) is 5.36. The summed E-state index contributed by atoms with van der Waals surface area (Å²) in [6.07, 6.45) is 3.33. The standard InChI is InChI=1S/C17H22N4O3S/c1-13(2)10-20-25(23,24)16-7-5-15(6-8-16)21-17(22)19-12-14-4-3-9-18-11-14/h3-9,11,13,20H,10,12H2,1-2H3,(H2,19,21,22). The molecule has 1 aromatic heterocycles. The van der Waals surface area contributed by atoms with Crippen LogP contribution in [0.5, 0.6) is 0 Å². The smallest absolute Gasteiger partial charge is 0.319 e. The third-order valence-electron chi connectivity index (χ3n) is 3.28. The molecule has 2 amide bonds. The van der Waals surface area contributed by atoms with Gasteiger partial charge in [0.15, 0.2) is 0 Å². The van der Waals surface area contributed by atoms with Gasteiger partial charge in [0.2, 0.25) is 10.0 Å². The molecular weight excluding hydrogens is 340 g/mol. The Bertz CT molecular complexity index is 790. The minimum absolute atomic E-state index is 0.162. The van der Waals surface area contributed by atoms with E-state index >= 15 is 0 Å². The van der Waals surface area contributed by atoms with E-state index in [1.54, 1.807) is 30.6 Å². The van der Waals surface area contributed by atoms with E-state index in [0.29, 0.717) is 18.8 Å². The van der Waals surface area contributed by atoms with Crippen LogP contribution in [0.2, 0.25) is 0 Å². The van der Waals surface area contributed by atoms with Gasteiger partial charge < -0.3 is 10.6 Å². The quantitative estimate of drug-likeness (QED) is 0.704. The fourth-order valence-electron chi connectivity index (χ4n) is 1.94. The number of pyridine rings is 1. The van der Waals surface area contributed by atoms with Gasteiger partial charge in [0.05, 0.1) is 4.90 Å². The maximum atomic E-state index is 12.1. The second-order valence-electron chi connectivity index (χ2n) is 5.94. The molecule has 2 aromatic rings. The zero-order valence-corrected chi connectivity index (χ0v) is 15.0. The summed E-state index contributed by atoms with van der Waals surface area (Å²) in [4.78, 5) is 16.0. The van der Waals surface area contributed by atoms with Crippen molar-refractivity contribution in [1.29, 1.82) is 0 Å². The van der Waals surface area contributed by atoms with Crippen molar-refractivity contribution in [3.05, 3.63) is 54.4 Å². The summed E-state index contributed by atoms with van der Waals surface area (Å²) in [6.45, 7) is 4.59. The Morgan fingerprint density at radius 2 is 1.88 bits per heavy atom. The number of amides is 2. The van der Waals surface area contributed by atoms with Crippen LogP contribution in [0.15, 0.2) is 53.7 Å². The lowest BCUT2D eigenvalue weighted by Gasteiger charge is -2.10. The van der Waals surface area contributed by atoms with Crippen LogP contribution < -0.4 is 15.4 Å². The van der Waals surface area contributed by atoms with Gasteiger partial charge in [-0.15, -0.1) is 0 Å². The summed E-state index contributed by atoms with van der Waals surface area (Å²) < 4.78 is 26.8. The van der Waals surface area contributed by atoms with Crippen LogP contribution in [0.3, 0.4) is 0 Å². The molecule has 0 fully saturated rings. The van der Waals surface area contributed by atoms with Gasteiger partial charge in [-0.05, 0) is 41.8 Å². The minimum atomic E-state index is -3.53. The van der Waals surface area contributed by atoms with Crippen molar-refractivity contribution in [2.45, 2.75) is 25.3 Å². The third kappa shape index (κ3) is 6.17. The number of hydrogen-bond donors (Lipinski definition) is 3. The summed E-state index contributed by atoms with van der Waals surface area (Å²) in [5.41, 5.74) is 1.39. The fraction of sp³-hybridized carbons (Fsp3) is 0.294. The first kappa shape index (κ1) is 18.9. The predicted molar refractivity (Wildman–Crippen MR) is 96.6 cm³/mol. The van der Waals surface area contributed by atoms with Crippen molar-refractivity contribution in [3.63, 3.8) is 0 Å². The number of nitrogens with one attached hydrogen (secondary N) is 3. The van der Waals surface area contributed by atoms with E-state index in [1.807, 2.05) is 19.9 Å². The Labute approximate surface area is 147 Å². The van der Waals surface area contributed by atoms with Gasteiger partial charge in [0.25, 0.3) is 0 Å². The molecule has 0 unspecified atom stereocenters. The number of carbonyl (C=O) groups excluding carboxylic acids is 1. The van der Waals surface area contributed by atoms with E-state index in [-0.39, 0.29) is 16.8 Å². The molecule has 0 saturated carbocycles. The topological polar surface area (TPSA) is 100 Å². The monoisotopic (exact) mass is 362 g/mol. The molecule has 0 aliphatic carbocycles. The average molecular weight is 362 g/mol. The molecule has 1 heterocycles. The van der Waals surface area contributed by atoms with E-state index in [4.69, 9.17) is 0 Å². The van der Waals surface area contributed by atoms with E-state index in [9.17, 15) is 13.2 Å². The third-order valence-corrected chi connectivity index (χ3v) is 4.72. The molecule has 25 heavy (non-hydrogen) atoms. The van der Waals surface area contributed by atoms with Gasteiger partial charge in [-0.1, -0.05) is 19.9 Å². The molecule has 0 spiro atoms. The number of rotatable bonds is 7. The first-order valence-electron chi connectivity index (χ1n) is 7.90. The van der Waals surface area contributed by atoms with Crippen molar-refractivity contribution in [2.75, 3.05) is 11.9 Å². The Morgan fingerprint density at radius 1 is 1.16 bits per heavy atom. The second-order valence-corrected chi connectivity index (χ2v) is 7.71. The molecule has 0 bridgehead atoms. The number of sulfonamides is 1. The molecule has 0 aliphatic heterocycles. The van der Waals surface area contributed by atoms with Crippen molar-refractivity contribution in [2.24, 2.45) is 5.92 Å². The molecule has 0 atom stereocenters. The molecule has 7 nitrogen and oxygen atoms in total. The second kappa shape index (κ2) is 8.59. The number of anilines is 1. The van der Waals surface area contributed by atoms with Crippen LogP contribution >= 0.6 is 0 Å². The lowest BCUT2D eigenvalue weighted by molar-refractivity contribution is 0.251. The lowest BCUT2D eigenvalue weighted by Crippen LogP contribution is -2.28. The largest absolute Gasteiger partial charge is 0.334 e. The van der Waals surface area contributed by atoms with Crippen molar-refractivity contribution < 1.29 is 13.2 Å². The number of benzene rings is 1. The average Bonchev–Trinajstić information content (AvgIpc) is 2.60. The molecular formula is C17H22N4O3S. The molecule has 2 rings (SSSR count). The molecule has 134 valence electrons. The van der Waals surface area contributed by atoms with Gasteiger partial charge in [0, 0.05) is 31.2 Å². The van der Waals surface area contributed by atoms with Crippen LogP contribution in [0.4, 0.5) is 10.5 Å². The molecule has 0 radical (unpaired) electrons. The summed E-state index contributed by atoms with van der Waals surface area (Å²) >= 11 is 0. The highest BCUT2D eigenvalue weighted by molar-refractivity contribution is 7.89. The van der Waals surface area contributed by atoms with Crippen LogP contribution in [0, 0.1) is 5.92 Å². The molecule has 0 aliphatic rings. The van der Waals surface area contributed by atoms with Crippen LogP contribution in [-0.4, -0.2) is 26.0 Å². The number of hydrogen-bond acceptors (Lipinski definition) is 4. The Morgan fingerprint density at radius 3 is 2.48 bits per heavy atom. The van der Waals surface area contributed by atoms with Crippen molar-refractivity contribution >= 4 is 21.7 Å². The van der Waals surface area contributed by atoms with E-state index in [0.717, 1.165) is 5.56 Å². The number of aromatic nitrogens is 1. The summed E-state index contributed by atoms with van der Waals surface area (Å²) in [7, 11) is -3.53. The first-order chi connectivity index (χ1) is 11.9. The summed E-state index contributed by atoms with van der Waals surface area (Å²) in [6, 6.07) is 9.29. The van der Waals surface area contributed by atoms with Crippen LogP contribution in [0.1, 0.15) is 19.4 Å². The number of carbonyl (C=O) groups is 1. The maximum absolute atomic E-state index is 12.1. The Kier molecular flexibility index (Phi) is 6.49. The van der Waals surface area contributed by atoms with Gasteiger partial charge in [0.1, 0.15) is 0 Å². The summed E-state index contributed by atoms with van der Waals surface area (Å²) in [5.74, 6) is 0.222. The van der Waals surface area contributed by atoms with Gasteiger partial charge in [-0.25, -0.2) is 17.9 Å². The van der Waals surface area contributed by atoms with E-state index < -0.39 is 10.0 Å². The highest BCUT2D eigenvalue weighted by Gasteiger charge is 2.14. The predicted octanol–water partition coefficient (Wildman–Crippen LogP) is 2.34. The van der Waals surface area contributed by atoms with Crippen LogP contribution in [0.25, 0.3) is 0 Å². The molecule has 3 N–H and O–H groups in total. The molecule has 1 aromatic carbocycles. The lowest BCUT2D eigenvalue weighted by atomic mass is 10.2. The normalized spacial score (nSPS) is 11.3. The highest BCUT2D eigenvalue weighted by Crippen LogP contribution is 2.14. The SMILES string of the molecule is CC(C)CNS(=O)(=O)c1ccc(NC(=O)NCc2cccnc2)cc1. The van der Waals surface area contributed by atoms with Gasteiger partial charge in [-0.3, -0.25) is 4.98 Å². The van der Waals surface area contributed by atoms with Crippen LogP contribution in [-0.2, 0) is 16.6 Å². The number of nitrogens with zero attached hydrogens (tertiary/aromatic N) is 1. The maximum Gasteiger partial charge on any atom is 0.319 e. The first-order valence-corrected chi connectivity index (χ1v) is 9.38. The molecule has 8 heteroatoms. The van der Waals surface area contributed by atoms with E-state index in [1.165, 1.54) is 12.1 Å². The van der Waals surface area contributed by atoms with Gasteiger partial charge in [-0.2, -0.15) is 0 Å². The van der Waals surface area contributed by atoms with E-state index in [2.05, 4.69) is 20.3 Å². The Balaban J connectivity index is 1.90. The Hall–Kier alpha value is -2.45. The van der Waals surface area contributed by atoms with Crippen molar-refractivity contribution in [1.82, 2.24) is 15.0 Å². The molecule has 0 saturated heterocycles. The fourth-order valence-corrected chi connectivity index (χ4v) is 3.15. The zero-order chi connectivity index (χ0) is 18.3. The highest BCUT2D eigenvalue weighted by atomic mass is 32.2. The van der Waals surface area contributed by atoms with Crippen molar-refractivity contribution in [3.8, 4) is 0 Å². The number of urea groups is 1. The minimum Gasteiger partial charge on any atom is -0.334 e. The van der Waals surface area contributed by atoms with Gasteiger partial charge >= 0.3 is 6.03 Å².